The summed E-state index contributed by atoms with van der Waals surface area (Å²) in [5, 5.41) is 7.64. The Morgan fingerprint density at radius 2 is 1.97 bits per heavy atom. The zero-order valence-corrected chi connectivity index (χ0v) is 17.3. The third-order valence-corrected chi connectivity index (χ3v) is 7.02. The molecule has 7 heteroatoms. The highest BCUT2D eigenvalue weighted by molar-refractivity contribution is 6.01. The Balaban J connectivity index is 1.19. The van der Waals surface area contributed by atoms with E-state index in [0.717, 1.165) is 80.9 Å². The van der Waals surface area contributed by atoms with Crippen LogP contribution in [0.3, 0.4) is 0 Å². The molecule has 5 rings (SSSR count). The van der Waals surface area contributed by atoms with Crippen LogP contribution in [0.4, 0.5) is 0 Å². The molecule has 30 heavy (non-hydrogen) atoms. The number of nitrogens with zero attached hydrogens (tertiary/aromatic N) is 4. The second-order valence-electron chi connectivity index (χ2n) is 8.68. The van der Waals surface area contributed by atoms with Crippen molar-refractivity contribution in [3.63, 3.8) is 0 Å². The molecule has 1 spiro atoms. The number of carbonyl (C=O) groups excluding carboxylic acids is 1. The molecule has 1 saturated carbocycles. The SMILES string of the molecule is C=CC(CN1CCC(CCN2C(=O)c3cc4c(cc3C23CC3)OCO4)CC1)=NN=C. The van der Waals surface area contributed by atoms with Crippen molar-refractivity contribution in [1.82, 2.24) is 9.80 Å². The van der Waals surface area contributed by atoms with Crippen molar-refractivity contribution in [2.75, 3.05) is 33.0 Å². The Hall–Kier alpha value is -2.67. The van der Waals surface area contributed by atoms with Gasteiger partial charge in [-0.3, -0.25) is 9.69 Å². The van der Waals surface area contributed by atoms with Crippen LogP contribution in [0.5, 0.6) is 11.5 Å². The first kappa shape index (κ1) is 19.3. The van der Waals surface area contributed by atoms with Crippen molar-refractivity contribution in [2.45, 2.75) is 37.6 Å². The maximum absolute atomic E-state index is 13.2. The van der Waals surface area contributed by atoms with Gasteiger partial charge in [0.05, 0.1) is 11.3 Å². The van der Waals surface area contributed by atoms with E-state index in [9.17, 15) is 4.79 Å². The molecular weight excluding hydrogens is 380 g/mol. The highest BCUT2D eigenvalue weighted by atomic mass is 16.7. The van der Waals surface area contributed by atoms with Gasteiger partial charge in [-0.2, -0.15) is 10.2 Å². The molecule has 1 aromatic rings. The zero-order valence-electron chi connectivity index (χ0n) is 17.3. The molecule has 0 aromatic heterocycles. The predicted octanol–water partition coefficient (Wildman–Crippen LogP) is 3.20. The smallest absolute Gasteiger partial charge is 0.255 e. The highest BCUT2D eigenvalue weighted by Gasteiger charge is 2.58. The van der Waals surface area contributed by atoms with E-state index in [1.807, 2.05) is 12.1 Å². The summed E-state index contributed by atoms with van der Waals surface area (Å²) in [4.78, 5) is 17.7. The number of benzene rings is 1. The highest BCUT2D eigenvalue weighted by Crippen LogP contribution is 2.58. The minimum Gasteiger partial charge on any atom is -0.454 e. The van der Waals surface area contributed by atoms with Gasteiger partial charge in [0, 0.05) is 25.4 Å². The van der Waals surface area contributed by atoms with Crippen molar-refractivity contribution in [3.8, 4) is 11.5 Å². The largest absolute Gasteiger partial charge is 0.454 e. The number of hydrogen-bond acceptors (Lipinski definition) is 6. The average molecular weight is 409 g/mol. The molecule has 0 atom stereocenters. The van der Waals surface area contributed by atoms with Crippen molar-refractivity contribution >= 4 is 18.3 Å². The molecule has 1 amide bonds. The number of fused-ring (bicyclic) bond motifs is 3. The van der Waals surface area contributed by atoms with Gasteiger partial charge in [0.2, 0.25) is 6.79 Å². The Morgan fingerprint density at radius 3 is 2.63 bits per heavy atom. The summed E-state index contributed by atoms with van der Waals surface area (Å²) >= 11 is 0. The molecular formula is C23H28N4O3. The van der Waals surface area contributed by atoms with Gasteiger partial charge >= 0.3 is 0 Å². The van der Waals surface area contributed by atoms with E-state index in [2.05, 4.69) is 33.3 Å². The average Bonchev–Trinajstić information content (AvgIpc) is 3.36. The van der Waals surface area contributed by atoms with Gasteiger partial charge in [0.15, 0.2) is 11.5 Å². The van der Waals surface area contributed by atoms with E-state index in [1.165, 1.54) is 0 Å². The maximum Gasteiger partial charge on any atom is 0.255 e. The van der Waals surface area contributed by atoms with E-state index in [1.54, 1.807) is 6.08 Å². The molecule has 158 valence electrons. The number of rotatable bonds is 7. The lowest BCUT2D eigenvalue weighted by atomic mass is 9.93. The molecule has 7 nitrogen and oxygen atoms in total. The number of carbonyl (C=O) groups is 1. The van der Waals surface area contributed by atoms with Crippen molar-refractivity contribution in [2.24, 2.45) is 16.1 Å². The summed E-state index contributed by atoms with van der Waals surface area (Å²) < 4.78 is 11.0. The molecule has 0 radical (unpaired) electrons. The van der Waals surface area contributed by atoms with E-state index in [0.29, 0.717) is 11.7 Å². The second kappa shape index (κ2) is 7.54. The molecule has 0 bridgehead atoms. The lowest BCUT2D eigenvalue weighted by molar-refractivity contribution is 0.0675. The van der Waals surface area contributed by atoms with Crippen molar-refractivity contribution in [3.05, 3.63) is 35.9 Å². The zero-order chi connectivity index (χ0) is 20.7. The maximum atomic E-state index is 13.2. The van der Waals surface area contributed by atoms with Crippen LogP contribution in [-0.4, -0.2) is 61.1 Å². The summed E-state index contributed by atoms with van der Waals surface area (Å²) in [7, 11) is 0. The van der Waals surface area contributed by atoms with Crippen LogP contribution in [0.15, 0.2) is 35.0 Å². The summed E-state index contributed by atoms with van der Waals surface area (Å²) in [6, 6.07) is 3.92. The number of piperidine rings is 1. The number of likely N-dealkylation sites (tertiary alicyclic amines) is 1. The number of hydrogen-bond donors (Lipinski definition) is 0. The van der Waals surface area contributed by atoms with Crippen LogP contribution in [0.2, 0.25) is 0 Å². The molecule has 0 unspecified atom stereocenters. The Morgan fingerprint density at radius 1 is 1.23 bits per heavy atom. The Labute approximate surface area is 177 Å². The van der Waals surface area contributed by atoms with Gasteiger partial charge in [-0.25, -0.2) is 0 Å². The van der Waals surface area contributed by atoms with Crippen LogP contribution < -0.4 is 9.47 Å². The van der Waals surface area contributed by atoms with Crippen molar-refractivity contribution < 1.29 is 14.3 Å². The first-order valence-corrected chi connectivity index (χ1v) is 10.8. The van der Waals surface area contributed by atoms with Crippen LogP contribution in [-0.2, 0) is 5.54 Å². The van der Waals surface area contributed by atoms with Crippen LogP contribution >= 0.6 is 0 Å². The fourth-order valence-electron chi connectivity index (χ4n) is 5.16. The third-order valence-electron chi connectivity index (χ3n) is 7.02. The molecule has 3 aliphatic heterocycles. The molecule has 2 fully saturated rings. The van der Waals surface area contributed by atoms with Gasteiger partial charge in [0.25, 0.3) is 5.91 Å². The summed E-state index contributed by atoms with van der Waals surface area (Å²) in [5.74, 6) is 2.27. The lowest BCUT2D eigenvalue weighted by Crippen LogP contribution is -2.39. The van der Waals surface area contributed by atoms with Gasteiger partial charge in [-0.15, -0.1) is 0 Å². The predicted molar refractivity (Wildman–Crippen MR) is 115 cm³/mol. The molecule has 0 N–H and O–H groups in total. The van der Waals surface area contributed by atoms with Gasteiger partial charge in [-0.1, -0.05) is 6.58 Å². The fraction of sp³-hybridized carbons (Fsp3) is 0.522. The molecule has 1 aliphatic carbocycles. The fourth-order valence-corrected chi connectivity index (χ4v) is 5.16. The number of ether oxygens (including phenoxy) is 2. The summed E-state index contributed by atoms with van der Waals surface area (Å²) in [6.45, 7) is 11.1. The first-order chi connectivity index (χ1) is 14.6. The third kappa shape index (κ3) is 3.21. The molecule has 1 aromatic carbocycles. The van der Waals surface area contributed by atoms with E-state index in [-0.39, 0.29) is 18.2 Å². The monoisotopic (exact) mass is 408 g/mol. The topological polar surface area (TPSA) is 66.7 Å². The summed E-state index contributed by atoms with van der Waals surface area (Å²) in [5.41, 5.74) is 2.71. The van der Waals surface area contributed by atoms with Gasteiger partial charge < -0.3 is 14.4 Å². The molecule has 1 saturated heterocycles. The normalized spacial score (nSPS) is 22.5. The van der Waals surface area contributed by atoms with Crippen LogP contribution in [0.1, 0.15) is 48.0 Å². The number of amides is 1. The standard InChI is InChI=1S/C23H28N4O3/c1-3-17(25-24-2)14-26-9-4-16(5-10-26)6-11-27-22(28)18-12-20-21(30-15-29-20)13-19(18)23(27)7-8-23/h3,12-13,16H,1-2,4-11,14-15H2. The molecule has 3 heterocycles. The van der Waals surface area contributed by atoms with Crippen LogP contribution in [0.25, 0.3) is 0 Å². The molecule has 4 aliphatic rings. The van der Waals surface area contributed by atoms with Gasteiger partial charge in [0.1, 0.15) is 0 Å². The Kier molecular flexibility index (Phi) is 4.85. The van der Waals surface area contributed by atoms with E-state index in [4.69, 9.17) is 9.47 Å². The minimum absolute atomic E-state index is 0.0961. The quantitative estimate of drug-likeness (QED) is 0.513. The van der Waals surface area contributed by atoms with E-state index < -0.39 is 0 Å². The van der Waals surface area contributed by atoms with Crippen LogP contribution in [0, 0.1) is 5.92 Å². The van der Waals surface area contributed by atoms with Gasteiger partial charge in [-0.05, 0) is 74.9 Å². The first-order valence-electron chi connectivity index (χ1n) is 10.8. The van der Waals surface area contributed by atoms with E-state index >= 15 is 0 Å². The van der Waals surface area contributed by atoms with Crippen molar-refractivity contribution in [1.29, 1.82) is 0 Å². The second-order valence-corrected chi connectivity index (χ2v) is 8.68. The minimum atomic E-state index is -0.0961. The Bertz CT molecular complexity index is 913. The summed E-state index contributed by atoms with van der Waals surface area (Å²) in [6.07, 6.45) is 7.18. The lowest BCUT2D eigenvalue weighted by Gasteiger charge is -2.33.